The van der Waals surface area contributed by atoms with E-state index < -0.39 is 0 Å². The fraction of sp³-hybridized carbons (Fsp3) is 0.750. The van der Waals surface area contributed by atoms with Gasteiger partial charge in [-0.05, 0) is 18.9 Å². The Balaban J connectivity index is 3.97. The topological polar surface area (TPSA) is 43.1 Å². The van der Waals surface area contributed by atoms with Gasteiger partial charge in [-0.15, -0.1) is 0 Å². The van der Waals surface area contributed by atoms with Crippen molar-refractivity contribution < 1.29 is 4.92 Å². The van der Waals surface area contributed by atoms with Gasteiger partial charge in [-0.1, -0.05) is 20.3 Å². The summed E-state index contributed by atoms with van der Waals surface area (Å²) in [6, 6.07) is 0. The molecule has 0 aromatic carbocycles. The van der Waals surface area contributed by atoms with E-state index in [1.807, 2.05) is 13.8 Å². The minimum Gasteiger partial charge on any atom is -0.259 e. The van der Waals surface area contributed by atoms with Crippen LogP contribution in [0.3, 0.4) is 0 Å². The molecule has 0 heterocycles. The van der Waals surface area contributed by atoms with E-state index in [1.54, 1.807) is 6.08 Å². The first-order valence-electron chi connectivity index (χ1n) is 4.05. The van der Waals surface area contributed by atoms with Crippen LogP contribution >= 0.6 is 0 Å². The Kier molecular flexibility index (Phi) is 5.43. The van der Waals surface area contributed by atoms with Gasteiger partial charge in [0.15, 0.2) is 0 Å². The molecule has 0 saturated carbocycles. The van der Waals surface area contributed by atoms with Crippen molar-refractivity contribution in [2.45, 2.75) is 39.5 Å². The molecule has 0 aromatic rings. The van der Waals surface area contributed by atoms with Crippen molar-refractivity contribution in [3.05, 3.63) is 21.9 Å². The molecule has 0 aliphatic carbocycles. The summed E-state index contributed by atoms with van der Waals surface area (Å²) in [6.45, 7) is 3.96. The molecule has 3 heteroatoms. The summed E-state index contributed by atoms with van der Waals surface area (Å²) >= 11 is 0. The standard InChI is InChI=1S/C8H15NO2/c1-3-5-7-8(6-4-2)9(10)11/h7H,3-6H2,1-2H3. The molecular weight excluding hydrogens is 142 g/mol. The van der Waals surface area contributed by atoms with Gasteiger partial charge < -0.3 is 0 Å². The zero-order chi connectivity index (χ0) is 8.69. The molecule has 0 aliphatic heterocycles. The molecule has 0 bridgehead atoms. The molecule has 0 unspecified atom stereocenters. The van der Waals surface area contributed by atoms with Crippen molar-refractivity contribution in [3.8, 4) is 0 Å². The Bertz CT molecular complexity index is 152. The van der Waals surface area contributed by atoms with Crippen LogP contribution in [0, 0.1) is 10.1 Å². The van der Waals surface area contributed by atoms with Crippen molar-refractivity contribution in [1.29, 1.82) is 0 Å². The zero-order valence-corrected chi connectivity index (χ0v) is 7.17. The van der Waals surface area contributed by atoms with Crippen LogP contribution in [-0.4, -0.2) is 4.92 Å². The van der Waals surface area contributed by atoms with Gasteiger partial charge in [0, 0.05) is 6.42 Å². The first kappa shape index (κ1) is 10.1. The Hall–Kier alpha value is -0.860. The maximum absolute atomic E-state index is 10.3. The smallest absolute Gasteiger partial charge is 0.242 e. The summed E-state index contributed by atoms with van der Waals surface area (Å²) in [4.78, 5) is 10.1. The number of nitro groups is 1. The molecule has 0 aromatic heterocycles. The van der Waals surface area contributed by atoms with E-state index in [4.69, 9.17) is 0 Å². The van der Waals surface area contributed by atoms with Crippen LogP contribution in [0.2, 0.25) is 0 Å². The van der Waals surface area contributed by atoms with E-state index in [2.05, 4.69) is 0 Å². The summed E-state index contributed by atoms with van der Waals surface area (Å²) < 4.78 is 0. The third-order valence-corrected chi connectivity index (χ3v) is 1.41. The average Bonchev–Trinajstić information content (AvgIpc) is 1.97. The second-order valence-electron chi connectivity index (χ2n) is 2.49. The molecule has 0 rings (SSSR count). The zero-order valence-electron chi connectivity index (χ0n) is 7.17. The Labute approximate surface area is 67.3 Å². The van der Waals surface area contributed by atoms with Crippen LogP contribution in [0.25, 0.3) is 0 Å². The lowest BCUT2D eigenvalue weighted by Crippen LogP contribution is -1.97. The van der Waals surface area contributed by atoms with Gasteiger partial charge in [0.2, 0.25) is 5.70 Å². The Morgan fingerprint density at radius 2 is 2.09 bits per heavy atom. The molecule has 0 radical (unpaired) electrons. The summed E-state index contributed by atoms with van der Waals surface area (Å²) in [6.07, 6.45) is 4.95. The minimum atomic E-state index is -0.279. The summed E-state index contributed by atoms with van der Waals surface area (Å²) in [5.74, 6) is 0. The van der Waals surface area contributed by atoms with Crippen molar-refractivity contribution >= 4 is 0 Å². The quantitative estimate of drug-likeness (QED) is 0.455. The molecule has 0 saturated heterocycles. The second-order valence-corrected chi connectivity index (χ2v) is 2.49. The van der Waals surface area contributed by atoms with Gasteiger partial charge in [0.25, 0.3) is 0 Å². The van der Waals surface area contributed by atoms with Crippen LogP contribution in [-0.2, 0) is 0 Å². The maximum atomic E-state index is 10.3. The number of hydrogen-bond donors (Lipinski definition) is 0. The molecule has 0 spiro atoms. The van der Waals surface area contributed by atoms with Crippen molar-refractivity contribution in [2.24, 2.45) is 0 Å². The molecule has 0 atom stereocenters. The second kappa shape index (κ2) is 5.89. The van der Waals surface area contributed by atoms with Gasteiger partial charge in [0.05, 0.1) is 4.92 Å². The van der Waals surface area contributed by atoms with E-state index in [9.17, 15) is 10.1 Å². The summed E-state index contributed by atoms with van der Waals surface area (Å²) in [7, 11) is 0. The van der Waals surface area contributed by atoms with Crippen LogP contribution < -0.4 is 0 Å². The largest absolute Gasteiger partial charge is 0.259 e. The molecule has 64 valence electrons. The van der Waals surface area contributed by atoms with Gasteiger partial charge in [-0.3, -0.25) is 10.1 Å². The molecule has 11 heavy (non-hydrogen) atoms. The van der Waals surface area contributed by atoms with Gasteiger partial charge in [-0.25, -0.2) is 0 Å². The highest BCUT2D eigenvalue weighted by Crippen LogP contribution is 2.07. The molecule has 3 nitrogen and oxygen atoms in total. The lowest BCUT2D eigenvalue weighted by atomic mass is 10.2. The van der Waals surface area contributed by atoms with Crippen molar-refractivity contribution in [1.82, 2.24) is 0 Å². The predicted octanol–water partition coefficient (Wildman–Crippen LogP) is 2.75. The summed E-state index contributed by atoms with van der Waals surface area (Å²) in [5.41, 5.74) is 0.370. The number of nitrogens with zero attached hydrogens (tertiary/aromatic N) is 1. The van der Waals surface area contributed by atoms with Crippen LogP contribution in [0.15, 0.2) is 11.8 Å². The highest BCUT2D eigenvalue weighted by atomic mass is 16.6. The van der Waals surface area contributed by atoms with Crippen molar-refractivity contribution in [2.75, 3.05) is 0 Å². The van der Waals surface area contributed by atoms with Crippen LogP contribution in [0.1, 0.15) is 39.5 Å². The minimum absolute atomic E-state index is 0.279. The molecule has 0 fully saturated rings. The highest BCUT2D eigenvalue weighted by Gasteiger charge is 2.06. The highest BCUT2D eigenvalue weighted by molar-refractivity contribution is 4.90. The van der Waals surface area contributed by atoms with Crippen LogP contribution in [0.5, 0.6) is 0 Å². The van der Waals surface area contributed by atoms with E-state index in [-0.39, 0.29) is 4.92 Å². The Morgan fingerprint density at radius 3 is 2.45 bits per heavy atom. The van der Waals surface area contributed by atoms with Gasteiger partial charge >= 0.3 is 0 Å². The molecular formula is C8H15NO2. The van der Waals surface area contributed by atoms with Crippen molar-refractivity contribution in [3.63, 3.8) is 0 Å². The fourth-order valence-electron chi connectivity index (χ4n) is 0.835. The monoisotopic (exact) mass is 157 g/mol. The normalized spacial score (nSPS) is 11.6. The fourth-order valence-corrected chi connectivity index (χ4v) is 0.835. The van der Waals surface area contributed by atoms with E-state index in [0.717, 1.165) is 19.3 Å². The van der Waals surface area contributed by atoms with Crippen LogP contribution in [0.4, 0.5) is 0 Å². The SMILES string of the molecule is CCCC=C(CCC)[N+](=O)[O-]. The first-order chi connectivity index (χ1) is 5.22. The number of allylic oxidation sites excluding steroid dienone is 2. The lowest BCUT2D eigenvalue weighted by molar-refractivity contribution is -0.428. The third kappa shape index (κ3) is 4.53. The lowest BCUT2D eigenvalue weighted by Gasteiger charge is -1.94. The Morgan fingerprint density at radius 1 is 1.45 bits per heavy atom. The third-order valence-electron chi connectivity index (χ3n) is 1.41. The molecule has 0 N–H and O–H groups in total. The number of rotatable bonds is 5. The molecule has 0 amide bonds. The maximum Gasteiger partial charge on any atom is 0.242 e. The predicted molar refractivity (Wildman–Crippen MR) is 44.9 cm³/mol. The van der Waals surface area contributed by atoms with E-state index in [1.165, 1.54) is 0 Å². The van der Waals surface area contributed by atoms with Gasteiger partial charge in [-0.2, -0.15) is 0 Å². The number of unbranched alkanes of at least 4 members (excludes halogenated alkanes) is 1. The average molecular weight is 157 g/mol. The number of hydrogen-bond acceptors (Lipinski definition) is 2. The van der Waals surface area contributed by atoms with E-state index in [0.29, 0.717) is 12.1 Å². The van der Waals surface area contributed by atoms with Gasteiger partial charge in [0.1, 0.15) is 0 Å². The van der Waals surface area contributed by atoms with E-state index >= 15 is 0 Å². The first-order valence-corrected chi connectivity index (χ1v) is 4.05. The summed E-state index contributed by atoms with van der Waals surface area (Å²) in [5, 5.41) is 10.3. The molecule has 0 aliphatic rings.